The molecule has 1 unspecified atom stereocenters. The first-order valence-corrected chi connectivity index (χ1v) is 6.07. The molecule has 0 spiro atoms. The number of carbonyl (C=O) groups is 1. The summed E-state index contributed by atoms with van der Waals surface area (Å²) in [5.74, 6) is 0.273. The third-order valence-corrected chi connectivity index (χ3v) is 3.10. The zero-order valence-electron chi connectivity index (χ0n) is 9.58. The highest BCUT2D eigenvalue weighted by molar-refractivity contribution is 5.69. The van der Waals surface area contributed by atoms with Gasteiger partial charge in [-0.3, -0.25) is 4.79 Å². The predicted molar refractivity (Wildman–Crippen MR) is 58.4 cm³/mol. The summed E-state index contributed by atoms with van der Waals surface area (Å²) >= 11 is 0. The van der Waals surface area contributed by atoms with E-state index >= 15 is 0 Å². The molecule has 15 heavy (non-hydrogen) atoms. The van der Waals surface area contributed by atoms with E-state index in [4.69, 9.17) is 4.74 Å². The van der Waals surface area contributed by atoms with Crippen LogP contribution < -0.4 is 0 Å². The van der Waals surface area contributed by atoms with E-state index in [9.17, 15) is 9.90 Å². The second-order valence-corrected chi connectivity index (χ2v) is 4.37. The highest BCUT2D eigenvalue weighted by atomic mass is 16.5. The fraction of sp³-hybridized carbons (Fsp3) is 0.917. The van der Waals surface area contributed by atoms with E-state index in [1.807, 2.05) is 0 Å². The van der Waals surface area contributed by atoms with Gasteiger partial charge in [0.1, 0.15) is 0 Å². The van der Waals surface area contributed by atoms with Gasteiger partial charge < -0.3 is 9.84 Å². The molecule has 0 radical (unpaired) electrons. The Bertz CT molecular complexity index is 187. The molecule has 0 heterocycles. The van der Waals surface area contributed by atoms with E-state index in [2.05, 4.69) is 6.92 Å². The van der Waals surface area contributed by atoms with Crippen molar-refractivity contribution in [1.29, 1.82) is 0 Å². The molecule has 0 bridgehead atoms. The minimum absolute atomic E-state index is 0.165. The van der Waals surface area contributed by atoms with Crippen LogP contribution in [0.4, 0.5) is 0 Å². The Labute approximate surface area is 91.8 Å². The number of carbonyl (C=O) groups excluding carboxylic acids is 1. The lowest BCUT2D eigenvalue weighted by Crippen LogP contribution is -2.27. The van der Waals surface area contributed by atoms with E-state index < -0.39 is 0 Å². The van der Waals surface area contributed by atoms with Crippen LogP contribution >= 0.6 is 0 Å². The molecule has 1 saturated carbocycles. The molecule has 1 aliphatic carbocycles. The molecule has 0 aromatic heterocycles. The Kier molecular flexibility index (Phi) is 5.69. The number of aliphatic hydroxyl groups excluding tert-OH is 1. The molecule has 3 heteroatoms. The van der Waals surface area contributed by atoms with Gasteiger partial charge in [-0.2, -0.15) is 0 Å². The first kappa shape index (κ1) is 12.5. The quantitative estimate of drug-likeness (QED) is 0.522. The smallest absolute Gasteiger partial charge is 0.305 e. The van der Waals surface area contributed by atoms with Crippen LogP contribution in [-0.4, -0.2) is 23.8 Å². The Morgan fingerprint density at radius 2 is 2.27 bits per heavy atom. The van der Waals surface area contributed by atoms with E-state index in [1.54, 1.807) is 0 Å². The lowest BCUT2D eigenvalue weighted by Gasteiger charge is -2.30. The fourth-order valence-electron chi connectivity index (χ4n) is 1.73. The van der Waals surface area contributed by atoms with Gasteiger partial charge in [-0.25, -0.2) is 0 Å². The molecule has 1 rings (SSSR count). The maximum absolute atomic E-state index is 11.2. The van der Waals surface area contributed by atoms with E-state index in [0.29, 0.717) is 25.4 Å². The third-order valence-electron chi connectivity index (χ3n) is 3.10. The van der Waals surface area contributed by atoms with Gasteiger partial charge in [-0.15, -0.1) is 0 Å². The highest BCUT2D eigenvalue weighted by Crippen LogP contribution is 2.31. The molecular formula is C12H22O3. The molecule has 0 saturated heterocycles. The number of ether oxygens (including phenoxy) is 1. The molecule has 1 N–H and O–H groups in total. The van der Waals surface area contributed by atoms with Gasteiger partial charge in [0.15, 0.2) is 0 Å². The molecule has 1 fully saturated rings. The van der Waals surface area contributed by atoms with Crippen molar-refractivity contribution >= 4 is 5.97 Å². The minimum atomic E-state index is -0.294. The van der Waals surface area contributed by atoms with E-state index in [1.165, 1.54) is 6.42 Å². The van der Waals surface area contributed by atoms with Gasteiger partial charge in [0.05, 0.1) is 12.7 Å². The van der Waals surface area contributed by atoms with Gasteiger partial charge in [-0.1, -0.05) is 19.8 Å². The summed E-state index contributed by atoms with van der Waals surface area (Å²) in [7, 11) is 0. The molecule has 0 amide bonds. The zero-order chi connectivity index (χ0) is 11.1. The highest BCUT2D eigenvalue weighted by Gasteiger charge is 2.25. The van der Waals surface area contributed by atoms with Crippen molar-refractivity contribution in [3.63, 3.8) is 0 Å². The van der Waals surface area contributed by atoms with Crippen LogP contribution in [0.15, 0.2) is 0 Å². The molecule has 0 aromatic rings. The van der Waals surface area contributed by atoms with Crippen LogP contribution in [0.3, 0.4) is 0 Å². The molecule has 1 aliphatic rings. The first-order valence-electron chi connectivity index (χ1n) is 6.07. The second kappa shape index (κ2) is 6.83. The van der Waals surface area contributed by atoms with Crippen molar-refractivity contribution in [2.45, 2.75) is 58.0 Å². The SMILES string of the molecule is CCCCOC(=O)CCC(O)C1CCC1. The number of esters is 1. The normalized spacial score (nSPS) is 18.3. The number of rotatable bonds is 7. The molecule has 3 nitrogen and oxygen atoms in total. The molecular weight excluding hydrogens is 192 g/mol. The maximum Gasteiger partial charge on any atom is 0.305 e. The summed E-state index contributed by atoms with van der Waals surface area (Å²) in [4.78, 5) is 11.2. The van der Waals surface area contributed by atoms with Gasteiger partial charge in [-0.05, 0) is 31.6 Å². The van der Waals surface area contributed by atoms with Crippen molar-refractivity contribution < 1.29 is 14.6 Å². The third kappa shape index (κ3) is 4.65. The van der Waals surface area contributed by atoms with Crippen LogP contribution in [0.1, 0.15) is 51.9 Å². The molecule has 0 aliphatic heterocycles. The summed E-state index contributed by atoms with van der Waals surface area (Å²) in [6, 6.07) is 0. The maximum atomic E-state index is 11.2. The number of aliphatic hydroxyl groups is 1. The van der Waals surface area contributed by atoms with Crippen LogP contribution in [0.5, 0.6) is 0 Å². The predicted octanol–water partition coefficient (Wildman–Crippen LogP) is 2.27. The fourth-order valence-corrected chi connectivity index (χ4v) is 1.73. The standard InChI is InChI=1S/C12H22O3/c1-2-3-9-15-12(14)8-7-11(13)10-5-4-6-10/h10-11,13H,2-9H2,1H3. The average Bonchev–Trinajstić information content (AvgIpc) is 2.12. The van der Waals surface area contributed by atoms with Gasteiger partial charge >= 0.3 is 5.97 Å². The summed E-state index contributed by atoms with van der Waals surface area (Å²) in [5.41, 5.74) is 0. The number of hydrogen-bond donors (Lipinski definition) is 1. The summed E-state index contributed by atoms with van der Waals surface area (Å²) in [5, 5.41) is 9.68. The summed E-state index contributed by atoms with van der Waals surface area (Å²) < 4.78 is 5.01. The van der Waals surface area contributed by atoms with Crippen molar-refractivity contribution in [2.75, 3.05) is 6.61 Å². The Hall–Kier alpha value is -0.570. The molecule has 0 aromatic carbocycles. The van der Waals surface area contributed by atoms with Crippen LogP contribution in [0.2, 0.25) is 0 Å². The largest absolute Gasteiger partial charge is 0.466 e. The topological polar surface area (TPSA) is 46.5 Å². The van der Waals surface area contributed by atoms with Crippen LogP contribution in [-0.2, 0) is 9.53 Å². The molecule has 88 valence electrons. The minimum Gasteiger partial charge on any atom is -0.466 e. The summed E-state index contributed by atoms with van der Waals surface area (Å²) in [6.45, 7) is 2.59. The van der Waals surface area contributed by atoms with Crippen molar-refractivity contribution in [1.82, 2.24) is 0 Å². The van der Waals surface area contributed by atoms with Crippen LogP contribution in [0.25, 0.3) is 0 Å². The number of hydrogen-bond acceptors (Lipinski definition) is 3. The van der Waals surface area contributed by atoms with Crippen molar-refractivity contribution in [3.05, 3.63) is 0 Å². The Morgan fingerprint density at radius 1 is 1.53 bits per heavy atom. The van der Waals surface area contributed by atoms with E-state index in [0.717, 1.165) is 25.7 Å². The van der Waals surface area contributed by atoms with E-state index in [-0.39, 0.29) is 12.1 Å². The first-order chi connectivity index (χ1) is 7.24. The van der Waals surface area contributed by atoms with Gasteiger partial charge in [0.25, 0.3) is 0 Å². The molecule has 1 atom stereocenters. The van der Waals surface area contributed by atoms with Gasteiger partial charge in [0, 0.05) is 6.42 Å². The lowest BCUT2D eigenvalue weighted by atomic mass is 9.80. The van der Waals surface area contributed by atoms with Crippen molar-refractivity contribution in [3.8, 4) is 0 Å². The summed E-state index contributed by atoms with van der Waals surface area (Å²) in [6.07, 6.45) is 6.06. The second-order valence-electron chi connectivity index (χ2n) is 4.37. The van der Waals surface area contributed by atoms with Gasteiger partial charge in [0.2, 0.25) is 0 Å². The Balaban J connectivity index is 2.00. The average molecular weight is 214 g/mol. The lowest BCUT2D eigenvalue weighted by molar-refractivity contribution is -0.144. The zero-order valence-corrected chi connectivity index (χ0v) is 9.58. The Morgan fingerprint density at radius 3 is 2.80 bits per heavy atom. The number of unbranched alkanes of at least 4 members (excludes halogenated alkanes) is 1. The van der Waals surface area contributed by atoms with Crippen LogP contribution in [0, 0.1) is 5.92 Å². The van der Waals surface area contributed by atoms with Crippen molar-refractivity contribution in [2.24, 2.45) is 5.92 Å². The monoisotopic (exact) mass is 214 g/mol.